The zero-order chi connectivity index (χ0) is 7.15. The van der Waals surface area contributed by atoms with Crippen LogP contribution in [0.25, 0.3) is 0 Å². The van der Waals surface area contributed by atoms with Crippen molar-refractivity contribution in [3.8, 4) is 0 Å². The molecule has 0 aromatic heterocycles. The maximum atomic E-state index is 8.84. The van der Waals surface area contributed by atoms with Crippen molar-refractivity contribution in [1.82, 2.24) is 0 Å². The van der Waals surface area contributed by atoms with E-state index in [0.717, 1.165) is 0 Å². The minimum absolute atomic E-state index is 0. The summed E-state index contributed by atoms with van der Waals surface area (Å²) in [7, 11) is 0. The monoisotopic (exact) mass is 420 g/mol. The summed E-state index contributed by atoms with van der Waals surface area (Å²) in [6.45, 7) is 0. The second-order valence-corrected chi connectivity index (χ2v) is 2.84. The van der Waals surface area contributed by atoms with Gasteiger partial charge in [0.15, 0.2) is 0 Å². The van der Waals surface area contributed by atoms with Crippen molar-refractivity contribution in [3.63, 3.8) is 0 Å². The Morgan fingerprint density at radius 3 is 1.20 bits per heavy atom. The first-order valence-corrected chi connectivity index (χ1v) is 6.54. The van der Waals surface area contributed by atoms with Gasteiger partial charge in [0.25, 0.3) is 0 Å². The van der Waals surface area contributed by atoms with E-state index < -0.39 is 41.3 Å². The molecule has 0 aliphatic rings. The quantitative estimate of drug-likeness (QED) is 0.295. The van der Waals surface area contributed by atoms with Gasteiger partial charge >= 0.3 is 148 Å². The van der Waals surface area contributed by atoms with Crippen LogP contribution >= 0.6 is 0 Å². The molecule has 56 valence electrons. The summed E-state index contributed by atoms with van der Waals surface area (Å²) in [5.41, 5.74) is 0. The summed E-state index contributed by atoms with van der Waals surface area (Å²) < 4.78 is 46.6. The molecular formula is H8BaCaO6TiZr. The fourth-order valence-corrected chi connectivity index (χ4v) is 0. The molecule has 0 aromatic rings. The van der Waals surface area contributed by atoms with Crippen molar-refractivity contribution in [2.24, 2.45) is 0 Å². The van der Waals surface area contributed by atoms with Gasteiger partial charge in [0, 0.05) is 0 Å². The second kappa shape index (κ2) is 18.6. The number of hydrogen-bond acceptors (Lipinski definition) is 2. The van der Waals surface area contributed by atoms with Crippen molar-refractivity contribution >= 4 is 86.6 Å². The third-order valence-corrected chi connectivity index (χ3v) is 0. The van der Waals surface area contributed by atoms with Crippen LogP contribution in [0.5, 0.6) is 0 Å². The molecule has 0 atom stereocenters. The third-order valence-electron chi connectivity index (χ3n) is 0. The molecule has 0 bridgehead atoms. The van der Waals surface area contributed by atoms with E-state index >= 15 is 0 Å². The Kier molecular flexibility index (Phi) is 43.9. The van der Waals surface area contributed by atoms with E-state index in [2.05, 4.69) is 0 Å². The van der Waals surface area contributed by atoms with Crippen molar-refractivity contribution in [2.45, 2.75) is 0 Å². The van der Waals surface area contributed by atoms with Crippen LogP contribution in [-0.4, -0.2) is 100 Å². The molecule has 0 amide bonds. The van der Waals surface area contributed by atoms with Crippen LogP contribution in [0.3, 0.4) is 0 Å². The zero-order valence-corrected chi connectivity index (χ0v) is 7.62. The predicted octanol–water partition coefficient (Wildman–Crippen LogP) is -4.30. The van der Waals surface area contributed by atoms with Gasteiger partial charge < -0.3 is 0 Å². The van der Waals surface area contributed by atoms with Gasteiger partial charge in [-0.1, -0.05) is 0 Å². The summed E-state index contributed by atoms with van der Waals surface area (Å²) in [5.74, 6) is 0. The van der Waals surface area contributed by atoms with E-state index in [-0.39, 0.29) is 86.6 Å². The van der Waals surface area contributed by atoms with Crippen molar-refractivity contribution in [3.05, 3.63) is 0 Å². The van der Waals surface area contributed by atoms with E-state index in [9.17, 15) is 0 Å². The molecule has 0 unspecified atom stereocenters. The SMILES string of the molecule is [BaH2].[CaH2].[O]=[Ti]([OH])[OH].[O]=[Zr]([OH])[OH]. The van der Waals surface area contributed by atoms with E-state index in [1.807, 2.05) is 0 Å². The first-order chi connectivity index (χ1) is 3.46. The molecule has 10 heavy (non-hydrogen) atoms. The first kappa shape index (κ1) is 23.6. The van der Waals surface area contributed by atoms with Crippen LogP contribution in [0.4, 0.5) is 0 Å². The van der Waals surface area contributed by atoms with Gasteiger partial charge in [-0.3, -0.25) is 0 Å². The maximum absolute atomic E-state index is 8.84. The van der Waals surface area contributed by atoms with Gasteiger partial charge in [-0.05, 0) is 0 Å². The Bertz CT molecular complexity index is 75.7. The fourth-order valence-electron chi connectivity index (χ4n) is 0. The summed E-state index contributed by atoms with van der Waals surface area (Å²) >= 11 is -7.38. The van der Waals surface area contributed by atoms with Gasteiger partial charge in [0.2, 0.25) is 0 Å². The molecule has 0 radical (unpaired) electrons. The molecule has 0 fully saturated rings. The van der Waals surface area contributed by atoms with Crippen molar-refractivity contribution in [2.75, 3.05) is 0 Å². The molecule has 6 nitrogen and oxygen atoms in total. The van der Waals surface area contributed by atoms with Crippen LogP contribution < -0.4 is 0 Å². The Hall–Kier alpha value is 3.87. The molecule has 0 heterocycles. The molecule has 0 rings (SSSR count). The summed E-state index contributed by atoms with van der Waals surface area (Å²) in [4.78, 5) is 0. The molecule has 10 heteroatoms. The van der Waals surface area contributed by atoms with Gasteiger partial charge in [-0.25, -0.2) is 0 Å². The van der Waals surface area contributed by atoms with E-state index in [0.29, 0.717) is 0 Å². The topological polar surface area (TPSA) is 115 Å². The van der Waals surface area contributed by atoms with Crippen LogP contribution in [0.1, 0.15) is 0 Å². The van der Waals surface area contributed by atoms with Crippen molar-refractivity contribution in [1.29, 1.82) is 0 Å². The minimum atomic E-state index is -3.79. The molecule has 0 saturated carbocycles. The average Bonchev–Trinajstić information content (AvgIpc) is 1.25. The third kappa shape index (κ3) is 93.7. The van der Waals surface area contributed by atoms with Crippen LogP contribution in [-0.2, 0) is 47.4 Å². The molecular weight excluding hydrogens is 412 g/mol. The number of rotatable bonds is 0. The molecule has 0 aromatic carbocycles. The fraction of sp³-hybridized carbons (Fsp3) is 0. The van der Waals surface area contributed by atoms with Crippen LogP contribution in [0, 0.1) is 0 Å². The van der Waals surface area contributed by atoms with Crippen LogP contribution in [0.2, 0.25) is 0 Å². The summed E-state index contributed by atoms with van der Waals surface area (Å²) in [5, 5.41) is 0. The van der Waals surface area contributed by atoms with Gasteiger partial charge in [0.1, 0.15) is 0 Å². The average molecular weight is 421 g/mol. The van der Waals surface area contributed by atoms with E-state index in [4.69, 9.17) is 19.9 Å². The summed E-state index contributed by atoms with van der Waals surface area (Å²) in [6.07, 6.45) is 0. The normalized spacial score (nSPS) is 5.20. The first-order valence-electron chi connectivity index (χ1n) is 1.30. The molecule has 0 aliphatic heterocycles. The summed E-state index contributed by atoms with van der Waals surface area (Å²) in [6, 6.07) is 0. The molecule has 0 saturated heterocycles. The van der Waals surface area contributed by atoms with Gasteiger partial charge in [0.05, 0.1) is 0 Å². The van der Waals surface area contributed by atoms with E-state index in [1.165, 1.54) is 0 Å². The molecule has 4 N–H and O–H groups in total. The Morgan fingerprint density at radius 1 is 1.20 bits per heavy atom. The van der Waals surface area contributed by atoms with Crippen LogP contribution in [0.15, 0.2) is 0 Å². The van der Waals surface area contributed by atoms with E-state index in [1.54, 1.807) is 0 Å². The molecule has 0 spiro atoms. The Labute approximate surface area is 144 Å². The van der Waals surface area contributed by atoms with Crippen molar-refractivity contribution < 1.29 is 61.1 Å². The van der Waals surface area contributed by atoms with Gasteiger partial charge in [-0.2, -0.15) is 0 Å². The second-order valence-electron chi connectivity index (χ2n) is 0.565. The van der Waals surface area contributed by atoms with Gasteiger partial charge in [-0.15, -0.1) is 0 Å². The zero-order valence-electron chi connectivity index (χ0n) is 3.61. The number of hydrogen-bond donors (Lipinski definition) is 4. The molecule has 0 aliphatic carbocycles. The Morgan fingerprint density at radius 2 is 1.20 bits per heavy atom. The predicted molar refractivity (Wildman–Crippen MR) is 27.3 cm³/mol. The standard InChI is InChI=1S/Ba.Ca.4H2O.2O.Ti.Zr.4H/h;;4*1H2;;;;;;;;/q;;;;;;;;2*+2;;;;/p-4. The Balaban J connectivity index is -0.0000000300.